The number of rotatable bonds is 7. The fourth-order valence-corrected chi connectivity index (χ4v) is 2.79. The Balaban J connectivity index is 1.50. The van der Waals surface area contributed by atoms with Crippen LogP contribution < -0.4 is 15.8 Å². The van der Waals surface area contributed by atoms with Gasteiger partial charge in [-0.1, -0.05) is 0 Å². The lowest BCUT2D eigenvalue weighted by Gasteiger charge is -2.32. The molecule has 0 radical (unpaired) electrons. The standard InChI is InChI=1S/C20H20N4O4/c1-12-6-15(24-18(25)11-27-16-7-14(8-16)20(22)26)3-4-17(12)28-19-5-2-13(9-21)10-23-19/h2-6,10,14,16H,7-8,11H2,1H3,(H2,22,26)(H,24,25). The van der Waals surface area contributed by atoms with E-state index in [0.717, 1.165) is 5.56 Å². The average Bonchev–Trinajstić information content (AvgIpc) is 2.63. The first-order valence-electron chi connectivity index (χ1n) is 8.80. The van der Waals surface area contributed by atoms with E-state index in [1.807, 2.05) is 13.0 Å². The molecule has 1 aliphatic rings. The largest absolute Gasteiger partial charge is 0.439 e. The molecule has 3 N–H and O–H groups in total. The molecule has 0 saturated heterocycles. The Kier molecular flexibility index (Phi) is 5.87. The number of amides is 2. The Morgan fingerprint density at radius 2 is 2.11 bits per heavy atom. The van der Waals surface area contributed by atoms with Crippen molar-refractivity contribution in [2.45, 2.75) is 25.9 Å². The summed E-state index contributed by atoms with van der Waals surface area (Å²) in [5.74, 6) is 0.233. The summed E-state index contributed by atoms with van der Waals surface area (Å²) in [6.45, 7) is 1.77. The lowest BCUT2D eigenvalue weighted by Crippen LogP contribution is -2.40. The van der Waals surface area contributed by atoms with Crippen LogP contribution in [0.1, 0.15) is 24.0 Å². The second-order valence-electron chi connectivity index (χ2n) is 6.63. The Morgan fingerprint density at radius 3 is 2.71 bits per heavy atom. The molecule has 1 fully saturated rings. The van der Waals surface area contributed by atoms with Crippen molar-refractivity contribution in [3.05, 3.63) is 47.7 Å². The Labute approximate surface area is 162 Å². The molecule has 0 bridgehead atoms. The minimum Gasteiger partial charge on any atom is -0.439 e. The van der Waals surface area contributed by atoms with Crippen molar-refractivity contribution in [2.24, 2.45) is 11.7 Å². The van der Waals surface area contributed by atoms with Crippen molar-refractivity contribution in [3.63, 3.8) is 0 Å². The molecule has 0 aliphatic heterocycles. The summed E-state index contributed by atoms with van der Waals surface area (Å²) < 4.78 is 11.2. The number of nitrogens with two attached hydrogens (primary N) is 1. The number of hydrogen-bond donors (Lipinski definition) is 2. The van der Waals surface area contributed by atoms with Gasteiger partial charge in [-0.05, 0) is 49.6 Å². The van der Waals surface area contributed by atoms with E-state index in [1.165, 1.54) is 6.20 Å². The molecule has 1 saturated carbocycles. The van der Waals surface area contributed by atoms with Crippen molar-refractivity contribution in [1.29, 1.82) is 5.26 Å². The fraction of sp³-hybridized carbons (Fsp3) is 0.300. The zero-order valence-electron chi connectivity index (χ0n) is 15.3. The van der Waals surface area contributed by atoms with E-state index >= 15 is 0 Å². The first kappa shape index (κ1) is 19.3. The molecule has 2 aromatic rings. The van der Waals surface area contributed by atoms with Gasteiger partial charge in [0.05, 0.1) is 11.7 Å². The number of nitriles is 1. The molecule has 0 spiro atoms. The summed E-state index contributed by atoms with van der Waals surface area (Å²) in [4.78, 5) is 27.1. The first-order valence-corrected chi connectivity index (χ1v) is 8.80. The number of aromatic nitrogens is 1. The molecular weight excluding hydrogens is 360 g/mol. The van der Waals surface area contributed by atoms with Crippen LogP contribution in [0.15, 0.2) is 36.5 Å². The number of pyridine rings is 1. The first-order chi connectivity index (χ1) is 13.4. The minimum absolute atomic E-state index is 0.0807. The van der Waals surface area contributed by atoms with Gasteiger partial charge >= 0.3 is 0 Å². The Bertz CT molecular complexity index is 915. The van der Waals surface area contributed by atoms with E-state index < -0.39 is 0 Å². The highest BCUT2D eigenvalue weighted by Crippen LogP contribution is 2.30. The summed E-state index contributed by atoms with van der Waals surface area (Å²) in [6.07, 6.45) is 2.47. The van der Waals surface area contributed by atoms with Gasteiger partial charge in [-0.2, -0.15) is 5.26 Å². The van der Waals surface area contributed by atoms with Gasteiger partial charge in [-0.3, -0.25) is 9.59 Å². The number of ether oxygens (including phenoxy) is 2. The second kappa shape index (κ2) is 8.50. The van der Waals surface area contributed by atoms with E-state index in [9.17, 15) is 9.59 Å². The van der Waals surface area contributed by atoms with Crippen molar-refractivity contribution in [1.82, 2.24) is 4.98 Å². The van der Waals surface area contributed by atoms with Crippen LogP contribution in [0.4, 0.5) is 5.69 Å². The number of anilines is 1. The maximum Gasteiger partial charge on any atom is 0.250 e. The van der Waals surface area contributed by atoms with Gasteiger partial charge in [0.2, 0.25) is 17.7 Å². The number of aryl methyl sites for hydroxylation is 1. The number of benzene rings is 1. The highest BCUT2D eigenvalue weighted by Gasteiger charge is 2.34. The third kappa shape index (κ3) is 4.84. The zero-order chi connectivity index (χ0) is 20.1. The van der Waals surface area contributed by atoms with Crippen LogP contribution >= 0.6 is 0 Å². The minimum atomic E-state index is -0.321. The van der Waals surface area contributed by atoms with Gasteiger partial charge in [0.25, 0.3) is 0 Å². The number of carbonyl (C=O) groups excluding carboxylic acids is 2. The monoisotopic (exact) mass is 380 g/mol. The van der Waals surface area contributed by atoms with Gasteiger partial charge in [0.1, 0.15) is 18.4 Å². The summed E-state index contributed by atoms with van der Waals surface area (Å²) in [6, 6.07) is 10.5. The van der Waals surface area contributed by atoms with Gasteiger partial charge in [-0.25, -0.2) is 4.98 Å². The Hall–Kier alpha value is -3.44. The molecule has 0 unspecified atom stereocenters. The van der Waals surface area contributed by atoms with Crippen molar-refractivity contribution in [3.8, 4) is 17.7 Å². The average molecular weight is 380 g/mol. The fourth-order valence-electron chi connectivity index (χ4n) is 2.79. The van der Waals surface area contributed by atoms with Crippen LogP contribution in [0, 0.1) is 24.2 Å². The summed E-state index contributed by atoms with van der Waals surface area (Å²) in [7, 11) is 0. The SMILES string of the molecule is Cc1cc(NC(=O)COC2CC(C(N)=O)C2)ccc1Oc1ccc(C#N)cn1. The van der Waals surface area contributed by atoms with Gasteiger partial charge in [0.15, 0.2) is 0 Å². The third-order valence-electron chi connectivity index (χ3n) is 4.49. The van der Waals surface area contributed by atoms with E-state index in [0.29, 0.717) is 35.7 Å². The van der Waals surface area contributed by atoms with Gasteiger partial charge < -0.3 is 20.5 Å². The molecule has 8 heteroatoms. The van der Waals surface area contributed by atoms with Gasteiger partial charge in [0, 0.05) is 23.9 Å². The predicted molar refractivity (Wildman–Crippen MR) is 100 cm³/mol. The predicted octanol–water partition coefficient (Wildman–Crippen LogP) is 2.27. The van der Waals surface area contributed by atoms with Crippen LogP contribution in [-0.2, 0) is 14.3 Å². The molecule has 28 heavy (non-hydrogen) atoms. The maximum absolute atomic E-state index is 12.0. The smallest absolute Gasteiger partial charge is 0.250 e. The summed E-state index contributed by atoms with van der Waals surface area (Å²) in [5, 5.41) is 11.6. The molecule has 1 aromatic heterocycles. The Morgan fingerprint density at radius 1 is 1.32 bits per heavy atom. The number of nitrogens with zero attached hydrogens (tertiary/aromatic N) is 2. The summed E-state index contributed by atoms with van der Waals surface area (Å²) in [5.41, 5.74) is 7.09. The molecule has 1 aromatic carbocycles. The molecule has 3 rings (SSSR count). The van der Waals surface area contributed by atoms with E-state index in [-0.39, 0.29) is 30.4 Å². The van der Waals surface area contributed by atoms with E-state index in [1.54, 1.807) is 30.3 Å². The number of hydrogen-bond acceptors (Lipinski definition) is 6. The van der Waals surface area contributed by atoms with Crippen molar-refractivity contribution >= 4 is 17.5 Å². The number of nitrogens with one attached hydrogen (secondary N) is 1. The van der Waals surface area contributed by atoms with Crippen molar-refractivity contribution in [2.75, 3.05) is 11.9 Å². The highest BCUT2D eigenvalue weighted by atomic mass is 16.5. The van der Waals surface area contributed by atoms with Crippen LogP contribution in [-0.4, -0.2) is 29.5 Å². The van der Waals surface area contributed by atoms with Crippen LogP contribution in [0.5, 0.6) is 11.6 Å². The van der Waals surface area contributed by atoms with Crippen molar-refractivity contribution < 1.29 is 19.1 Å². The maximum atomic E-state index is 12.0. The third-order valence-corrected chi connectivity index (χ3v) is 4.49. The topological polar surface area (TPSA) is 127 Å². The normalized spacial score (nSPS) is 17.9. The van der Waals surface area contributed by atoms with E-state index in [4.69, 9.17) is 20.5 Å². The molecule has 0 atom stereocenters. The van der Waals surface area contributed by atoms with Crippen LogP contribution in [0.2, 0.25) is 0 Å². The molecule has 2 amide bonds. The highest BCUT2D eigenvalue weighted by molar-refractivity contribution is 5.91. The van der Waals surface area contributed by atoms with E-state index in [2.05, 4.69) is 10.3 Å². The second-order valence-corrected chi connectivity index (χ2v) is 6.63. The molecule has 144 valence electrons. The van der Waals surface area contributed by atoms with Crippen LogP contribution in [0.25, 0.3) is 0 Å². The quantitative estimate of drug-likeness (QED) is 0.758. The van der Waals surface area contributed by atoms with Gasteiger partial charge in [-0.15, -0.1) is 0 Å². The molecule has 8 nitrogen and oxygen atoms in total. The summed E-state index contributed by atoms with van der Waals surface area (Å²) >= 11 is 0. The molecule has 1 heterocycles. The van der Waals surface area contributed by atoms with Crippen LogP contribution in [0.3, 0.4) is 0 Å². The zero-order valence-corrected chi connectivity index (χ0v) is 15.3. The number of primary amides is 1. The lowest BCUT2D eigenvalue weighted by molar-refractivity contribution is -0.134. The molecular formula is C20H20N4O4. The molecule has 1 aliphatic carbocycles. The lowest BCUT2D eigenvalue weighted by atomic mass is 9.82. The number of carbonyl (C=O) groups is 2.